The van der Waals surface area contributed by atoms with E-state index in [4.69, 9.17) is 11.6 Å². The van der Waals surface area contributed by atoms with E-state index in [2.05, 4.69) is 10.8 Å². The van der Waals surface area contributed by atoms with E-state index in [-0.39, 0.29) is 23.2 Å². The highest BCUT2D eigenvalue weighted by Crippen LogP contribution is 2.29. The van der Waals surface area contributed by atoms with Crippen LogP contribution in [0.1, 0.15) is 40.7 Å². The first-order chi connectivity index (χ1) is 16.2. The zero-order valence-electron chi connectivity index (χ0n) is 18.4. The Morgan fingerprint density at radius 1 is 1.06 bits per heavy atom. The van der Waals surface area contributed by atoms with Crippen molar-refractivity contribution in [1.82, 2.24) is 4.72 Å². The number of fused-ring (bicyclic) bond motifs is 1. The normalized spacial score (nSPS) is 15.6. The van der Waals surface area contributed by atoms with Crippen LogP contribution in [-0.4, -0.2) is 25.5 Å². The molecule has 0 spiro atoms. The minimum atomic E-state index is -3.70. The van der Waals surface area contributed by atoms with Gasteiger partial charge in [-0.1, -0.05) is 35.9 Å². The Morgan fingerprint density at radius 2 is 1.76 bits per heavy atom. The number of rotatable bonds is 8. The van der Waals surface area contributed by atoms with Gasteiger partial charge in [-0.15, -0.1) is 0 Å². The van der Waals surface area contributed by atoms with Crippen molar-refractivity contribution in [2.24, 2.45) is 0 Å². The van der Waals surface area contributed by atoms with E-state index in [1.54, 1.807) is 24.3 Å². The molecule has 0 radical (unpaired) electrons. The van der Waals surface area contributed by atoms with E-state index < -0.39 is 16.0 Å². The van der Waals surface area contributed by atoms with Crippen LogP contribution in [-0.2, 0) is 40.5 Å². The van der Waals surface area contributed by atoms with Crippen LogP contribution in [0.5, 0.6) is 0 Å². The first-order valence-corrected chi connectivity index (χ1v) is 12.9. The summed E-state index contributed by atoms with van der Waals surface area (Å²) in [7, 11) is -3.70. The van der Waals surface area contributed by atoms with E-state index in [1.807, 2.05) is 6.07 Å². The summed E-state index contributed by atoms with van der Waals surface area (Å²) < 4.78 is 41.8. The maximum Gasteiger partial charge on any atom is 0.303 e. The van der Waals surface area contributed by atoms with Crippen LogP contribution >= 0.6 is 11.6 Å². The molecular formula is C26H25ClFNO4S. The molecule has 1 atom stereocenters. The number of carbonyl (C=O) groups is 1. The van der Waals surface area contributed by atoms with Gasteiger partial charge in [-0.05, 0) is 96.3 Å². The van der Waals surface area contributed by atoms with Gasteiger partial charge in [0.2, 0.25) is 10.0 Å². The minimum absolute atomic E-state index is 0.0269. The predicted molar refractivity (Wildman–Crippen MR) is 129 cm³/mol. The highest BCUT2D eigenvalue weighted by Gasteiger charge is 2.26. The Balaban J connectivity index is 1.59. The number of carboxylic acids is 1. The summed E-state index contributed by atoms with van der Waals surface area (Å²) in [5.74, 6) is -1.16. The molecule has 4 rings (SSSR count). The molecule has 0 aliphatic heterocycles. The van der Waals surface area contributed by atoms with Gasteiger partial charge >= 0.3 is 5.97 Å². The molecule has 2 N–H and O–H groups in total. The average molecular weight is 502 g/mol. The summed E-state index contributed by atoms with van der Waals surface area (Å²) in [6.07, 6.45) is 2.82. The summed E-state index contributed by atoms with van der Waals surface area (Å²) in [5.41, 5.74) is 5.05. The fraction of sp³-hybridized carbons (Fsp3) is 0.269. The van der Waals surface area contributed by atoms with E-state index in [0.717, 1.165) is 27.8 Å². The van der Waals surface area contributed by atoms with Crippen molar-refractivity contribution in [1.29, 1.82) is 0 Å². The smallest absolute Gasteiger partial charge is 0.303 e. The Bertz CT molecular complexity index is 1290. The lowest BCUT2D eigenvalue weighted by molar-refractivity contribution is -0.136. The number of halogens is 2. The van der Waals surface area contributed by atoms with Crippen LogP contribution in [0.4, 0.5) is 4.39 Å². The van der Waals surface area contributed by atoms with Crippen molar-refractivity contribution in [2.45, 2.75) is 49.5 Å². The standard InChI is InChI=1S/C26H25ClFNO4S/c27-21-4-9-24(10-5-21)34(32,33)29-23-8-11-25-19(3-12-26(30)31)14-18(15-20(25)16-23)13-17-1-6-22(28)7-2-17/h1-2,4-7,9-10,14-15,23,29H,3,8,11-13,16H2,(H,30,31). The fourth-order valence-electron chi connectivity index (χ4n) is 4.47. The van der Waals surface area contributed by atoms with Gasteiger partial charge in [0.15, 0.2) is 0 Å². The van der Waals surface area contributed by atoms with Crippen LogP contribution in [0.25, 0.3) is 0 Å². The number of hydrogen-bond donors (Lipinski definition) is 2. The minimum Gasteiger partial charge on any atom is -0.481 e. The number of carboxylic acid groups (broad SMARTS) is 1. The SMILES string of the molecule is O=C(O)CCc1cc(Cc2ccc(F)cc2)cc2c1CCC(NS(=O)(=O)c1ccc(Cl)cc1)C2. The molecule has 0 aromatic heterocycles. The maximum atomic E-state index is 13.3. The first kappa shape index (κ1) is 24.4. The molecule has 1 aliphatic carbocycles. The van der Waals surface area contributed by atoms with E-state index >= 15 is 0 Å². The predicted octanol–water partition coefficient (Wildman–Crippen LogP) is 4.92. The van der Waals surface area contributed by atoms with Crippen molar-refractivity contribution >= 4 is 27.6 Å². The van der Waals surface area contributed by atoms with E-state index in [0.29, 0.717) is 37.1 Å². The lowest BCUT2D eigenvalue weighted by Gasteiger charge is -2.28. The zero-order valence-corrected chi connectivity index (χ0v) is 20.0. The van der Waals surface area contributed by atoms with E-state index in [1.165, 1.54) is 24.3 Å². The molecule has 0 amide bonds. The molecule has 0 bridgehead atoms. The van der Waals surface area contributed by atoms with Crippen molar-refractivity contribution in [3.8, 4) is 0 Å². The van der Waals surface area contributed by atoms with Crippen molar-refractivity contribution in [3.63, 3.8) is 0 Å². The molecule has 0 fully saturated rings. The van der Waals surface area contributed by atoms with Gasteiger partial charge in [-0.2, -0.15) is 0 Å². The fourth-order valence-corrected chi connectivity index (χ4v) is 5.86. The number of nitrogens with one attached hydrogen (secondary N) is 1. The lowest BCUT2D eigenvalue weighted by atomic mass is 9.82. The lowest BCUT2D eigenvalue weighted by Crippen LogP contribution is -2.39. The van der Waals surface area contributed by atoms with Gasteiger partial charge < -0.3 is 5.11 Å². The van der Waals surface area contributed by atoms with Gasteiger partial charge in [0.05, 0.1) is 4.90 Å². The molecule has 3 aromatic rings. The zero-order chi connectivity index (χ0) is 24.3. The van der Waals surface area contributed by atoms with Crippen LogP contribution in [0.3, 0.4) is 0 Å². The molecule has 5 nitrogen and oxygen atoms in total. The summed E-state index contributed by atoms with van der Waals surface area (Å²) in [6, 6.07) is 16.2. The third kappa shape index (κ3) is 6.03. The molecule has 34 heavy (non-hydrogen) atoms. The molecule has 1 aliphatic rings. The third-order valence-electron chi connectivity index (χ3n) is 6.08. The highest BCUT2D eigenvalue weighted by molar-refractivity contribution is 7.89. The molecule has 0 saturated heterocycles. The second-order valence-corrected chi connectivity index (χ2v) is 10.8. The van der Waals surface area contributed by atoms with Gasteiger partial charge in [0, 0.05) is 17.5 Å². The Hall–Kier alpha value is -2.74. The molecule has 1 unspecified atom stereocenters. The van der Waals surface area contributed by atoms with Gasteiger partial charge in [0.25, 0.3) is 0 Å². The summed E-state index contributed by atoms with van der Waals surface area (Å²) in [4.78, 5) is 11.4. The molecule has 8 heteroatoms. The number of hydrogen-bond acceptors (Lipinski definition) is 3. The Labute approximate surface area is 203 Å². The van der Waals surface area contributed by atoms with Crippen LogP contribution in [0.15, 0.2) is 65.6 Å². The third-order valence-corrected chi connectivity index (χ3v) is 7.87. The number of benzene rings is 3. The van der Waals surface area contributed by atoms with E-state index in [9.17, 15) is 22.7 Å². The highest BCUT2D eigenvalue weighted by atomic mass is 35.5. The Morgan fingerprint density at radius 3 is 2.44 bits per heavy atom. The summed E-state index contributed by atoms with van der Waals surface area (Å²) in [6.45, 7) is 0. The molecule has 0 saturated carbocycles. The largest absolute Gasteiger partial charge is 0.481 e. The van der Waals surface area contributed by atoms with Gasteiger partial charge in [0.1, 0.15) is 5.82 Å². The van der Waals surface area contributed by atoms with Crippen LogP contribution in [0.2, 0.25) is 5.02 Å². The second kappa shape index (κ2) is 10.3. The second-order valence-electron chi connectivity index (χ2n) is 8.60. The monoisotopic (exact) mass is 501 g/mol. The topological polar surface area (TPSA) is 83.5 Å². The quantitative estimate of drug-likeness (QED) is 0.459. The number of aliphatic carboxylic acids is 1. The molecular weight excluding hydrogens is 477 g/mol. The number of sulfonamides is 1. The average Bonchev–Trinajstić information content (AvgIpc) is 2.79. The van der Waals surface area contributed by atoms with Crippen LogP contribution in [0, 0.1) is 5.82 Å². The molecule has 0 heterocycles. The summed E-state index contributed by atoms with van der Waals surface area (Å²) >= 11 is 5.88. The maximum absolute atomic E-state index is 13.3. The molecule has 3 aromatic carbocycles. The first-order valence-electron chi connectivity index (χ1n) is 11.1. The summed E-state index contributed by atoms with van der Waals surface area (Å²) in [5, 5.41) is 9.65. The van der Waals surface area contributed by atoms with Crippen molar-refractivity contribution in [2.75, 3.05) is 0 Å². The van der Waals surface area contributed by atoms with Crippen molar-refractivity contribution < 1.29 is 22.7 Å². The number of aryl methyl sites for hydroxylation is 1. The van der Waals surface area contributed by atoms with Crippen molar-refractivity contribution in [3.05, 3.63) is 99.3 Å². The van der Waals surface area contributed by atoms with Crippen LogP contribution < -0.4 is 4.72 Å². The van der Waals surface area contributed by atoms with Gasteiger partial charge in [-0.25, -0.2) is 17.5 Å². The molecule has 178 valence electrons. The Kier molecular flexibility index (Phi) is 7.36. The van der Waals surface area contributed by atoms with Gasteiger partial charge in [-0.3, -0.25) is 4.79 Å².